The summed E-state index contributed by atoms with van der Waals surface area (Å²) in [5.74, 6) is 1.34. The molecule has 1 aromatic heterocycles. The van der Waals surface area contributed by atoms with Gasteiger partial charge < -0.3 is 10.1 Å². The maximum atomic E-state index is 5.13. The molecule has 1 N–H and O–H groups in total. The zero-order valence-corrected chi connectivity index (χ0v) is 12.8. The largest absolute Gasteiger partial charge is 0.497 e. The van der Waals surface area contributed by atoms with Crippen LogP contribution < -0.4 is 10.1 Å². The molecule has 0 amide bonds. The Morgan fingerprint density at radius 1 is 1.14 bits per heavy atom. The minimum absolute atomic E-state index is 0.540. The lowest BCUT2D eigenvalue weighted by molar-refractivity contribution is 0.415. The van der Waals surface area contributed by atoms with Gasteiger partial charge >= 0.3 is 0 Å². The van der Waals surface area contributed by atoms with Gasteiger partial charge in [-0.05, 0) is 52.9 Å². The van der Waals surface area contributed by atoms with E-state index in [2.05, 4.69) is 36.8 Å². The van der Waals surface area contributed by atoms with Crippen LogP contribution in [0.3, 0.4) is 0 Å². The average molecular weight is 346 g/mol. The Balaban J connectivity index is 1.88. The van der Waals surface area contributed by atoms with Crippen molar-refractivity contribution in [2.45, 2.75) is 0 Å². The molecule has 21 heavy (non-hydrogen) atoms. The molecular weight excluding hydrogens is 334 g/mol. The SMILES string of the molecule is COc1ccc(Nc2nnnn2-c2cccc(Br)c2)cc1. The maximum absolute atomic E-state index is 5.13. The van der Waals surface area contributed by atoms with E-state index in [1.54, 1.807) is 11.8 Å². The van der Waals surface area contributed by atoms with Gasteiger partial charge in [-0.15, -0.1) is 0 Å². The smallest absolute Gasteiger partial charge is 0.252 e. The predicted molar refractivity (Wildman–Crippen MR) is 83.1 cm³/mol. The lowest BCUT2D eigenvalue weighted by Gasteiger charge is -2.08. The van der Waals surface area contributed by atoms with Gasteiger partial charge in [-0.25, -0.2) is 0 Å². The fourth-order valence-electron chi connectivity index (χ4n) is 1.85. The Bertz CT molecular complexity index is 741. The maximum Gasteiger partial charge on any atom is 0.252 e. The van der Waals surface area contributed by atoms with Gasteiger partial charge in [0.15, 0.2) is 0 Å². The van der Waals surface area contributed by atoms with Crippen LogP contribution in [-0.4, -0.2) is 27.3 Å². The Morgan fingerprint density at radius 3 is 2.67 bits per heavy atom. The summed E-state index contributed by atoms with van der Waals surface area (Å²) in [5.41, 5.74) is 1.74. The molecule has 0 aliphatic carbocycles. The molecule has 3 aromatic rings. The third kappa shape index (κ3) is 3.03. The first-order valence-electron chi connectivity index (χ1n) is 6.21. The monoisotopic (exact) mass is 345 g/mol. The van der Waals surface area contributed by atoms with Crippen LogP contribution in [-0.2, 0) is 0 Å². The Hall–Kier alpha value is -2.41. The number of nitrogens with zero attached hydrogens (tertiary/aromatic N) is 4. The summed E-state index contributed by atoms with van der Waals surface area (Å²) < 4.78 is 7.73. The number of nitrogens with one attached hydrogen (secondary N) is 1. The number of rotatable bonds is 4. The van der Waals surface area contributed by atoms with Gasteiger partial charge in [-0.3, -0.25) is 0 Å². The third-order valence-corrected chi connectivity index (χ3v) is 3.36. The summed E-state index contributed by atoms with van der Waals surface area (Å²) in [6.07, 6.45) is 0. The Kier molecular flexibility index (Phi) is 3.83. The number of halogens is 1. The van der Waals surface area contributed by atoms with Gasteiger partial charge in [-0.1, -0.05) is 27.1 Å². The van der Waals surface area contributed by atoms with Crippen LogP contribution >= 0.6 is 15.9 Å². The molecule has 0 fully saturated rings. The zero-order chi connectivity index (χ0) is 14.7. The average Bonchev–Trinajstić information content (AvgIpc) is 2.96. The van der Waals surface area contributed by atoms with Crippen molar-refractivity contribution in [3.8, 4) is 11.4 Å². The molecule has 6 nitrogen and oxygen atoms in total. The number of hydrogen-bond donors (Lipinski definition) is 1. The van der Waals surface area contributed by atoms with E-state index in [9.17, 15) is 0 Å². The highest BCUT2D eigenvalue weighted by atomic mass is 79.9. The normalized spacial score (nSPS) is 10.4. The second kappa shape index (κ2) is 5.92. The van der Waals surface area contributed by atoms with Crippen molar-refractivity contribution in [1.82, 2.24) is 20.2 Å². The van der Waals surface area contributed by atoms with E-state index in [0.717, 1.165) is 21.6 Å². The van der Waals surface area contributed by atoms with Crippen LogP contribution in [0.1, 0.15) is 0 Å². The van der Waals surface area contributed by atoms with Gasteiger partial charge in [0.1, 0.15) is 5.75 Å². The fourth-order valence-corrected chi connectivity index (χ4v) is 2.24. The van der Waals surface area contributed by atoms with Gasteiger partial charge in [0, 0.05) is 10.2 Å². The van der Waals surface area contributed by atoms with E-state index in [0.29, 0.717) is 5.95 Å². The molecule has 1 heterocycles. The molecule has 3 rings (SSSR count). The Morgan fingerprint density at radius 2 is 1.95 bits per heavy atom. The van der Waals surface area contributed by atoms with Crippen molar-refractivity contribution >= 4 is 27.6 Å². The number of hydrogen-bond acceptors (Lipinski definition) is 5. The van der Waals surface area contributed by atoms with E-state index < -0.39 is 0 Å². The van der Waals surface area contributed by atoms with Crippen molar-refractivity contribution in [3.63, 3.8) is 0 Å². The molecule has 106 valence electrons. The molecular formula is C14H12BrN5O. The van der Waals surface area contributed by atoms with E-state index >= 15 is 0 Å². The van der Waals surface area contributed by atoms with Crippen molar-refractivity contribution in [1.29, 1.82) is 0 Å². The minimum atomic E-state index is 0.540. The van der Waals surface area contributed by atoms with Crippen molar-refractivity contribution in [2.75, 3.05) is 12.4 Å². The molecule has 2 aromatic carbocycles. The van der Waals surface area contributed by atoms with Crippen molar-refractivity contribution in [3.05, 3.63) is 53.0 Å². The minimum Gasteiger partial charge on any atom is -0.497 e. The number of ether oxygens (including phenoxy) is 1. The first-order chi connectivity index (χ1) is 10.3. The highest BCUT2D eigenvalue weighted by Gasteiger charge is 2.08. The van der Waals surface area contributed by atoms with Gasteiger partial charge in [-0.2, -0.15) is 4.68 Å². The van der Waals surface area contributed by atoms with Crippen molar-refractivity contribution < 1.29 is 4.74 Å². The van der Waals surface area contributed by atoms with Gasteiger partial charge in [0.05, 0.1) is 12.8 Å². The zero-order valence-electron chi connectivity index (χ0n) is 11.2. The van der Waals surface area contributed by atoms with E-state index in [-0.39, 0.29) is 0 Å². The molecule has 0 aliphatic rings. The number of anilines is 2. The standard InChI is InChI=1S/C14H12BrN5O/c1-21-13-7-5-11(6-8-13)16-14-17-18-19-20(14)12-4-2-3-10(15)9-12/h2-9H,1H3,(H,16,17,19). The van der Waals surface area contributed by atoms with Crippen LogP contribution in [0.25, 0.3) is 5.69 Å². The number of tetrazole rings is 1. The number of benzene rings is 2. The van der Waals surface area contributed by atoms with Crippen LogP contribution in [0.4, 0.5) is 11.6 Å². The molecule has 0 saturated heterocycles. The first-order valence-corrected chi connectivity index (χ1v) is 7.01. The second-order valence-corrected chi connectivity index (χ2v) is 5.16. The predicted octanol–water partition coefficient (Wildman–Crippen LogP) is 3.18. The summed E-state index contributed by atoms with van der Waals surface area (Å²) in [6.45, 7) is 0. The third-order valence-electron chi connectivity index (χ3n) is 2.87. The van der Waals surface area contributed by atoms with Crippen LogP contribution in [0.15, 0.2) is 53.0 Å². The molecule has 0 aliphatic heterocycles. The van der Waals surface area contributed by atoms with Gasteiger partial charge in [0.2, 0.25) is 0 Å². The number of methoxy groups -OCH3 is 1. The lowest BCUT2D eigenvalue weighted by atomic mass is 10.3. The first kappa shape index (κ1) is 13.6. The van der Waals surface area contributed by atoms with Crippen molar-refractivity contribution in [2.24, 2.45) is 0 Å². The summed E-state index contributed by atoms with van der Waals surface area (Å²) in [7, 11) is 1.64. The molecule has 0 spiro atoms. The number of aromatic nitrogens is 4. The highest BCUT2D eigenvalue weighted by molar-refractivity contribution is 9.10. The van der Waals surface area contributed by atoms with E-state index in [4.69, 9.17) is 4.74 Å². The summed E-state index contributed by atoms with van der Waals surface area (Å²) in [4.78, 5) is 0. The van der Waals surface area contributed by atoms with E-state index in [1.807, 2.05) is 48.5 Å². The van der Waals surface area contributed by atoms with Crippen LogP contribution in [0.5, 0.6) is 5.75 Å². The summed E-state index contributed by atoms with van der Waals surface area (Å²) in [5, 5.41) is 14.9. The molecule has 7 heteroatoms. The summed E-state index contributed by atoms with van der Waals surface area (Å²) >= 11 is 3.44. The fraction of sp³-hybridized carbons (Fsp3) is 0.0714. The van der Waals surface area contributed by atoms with Crippen LogP contribution in [0.2, 0.25) is 0 Å². The molecule has 0 bridgehead atoms. The molecule has 0 unspecified atom stereocenters. The topological polar surface area (TPSA) is 64.9 Å². The molecule has 0 saturated carbocycles. The quantitative estimate of drug-likeness (QED) is 0.786. The van der Waals surface area contributed by atoms with E-state index in [1.165, 1.54) is 0 Å². The lowest BCUT2D eigenvalue weighted by Crippen LogP contribution is -2.03. The Labute approximate surface area is 129 Å². The molecule has 0 radical (unpaired) electrons. The highest BCUT2D eigenvalue weighted by Crippen LogP contribution is 2.21. The second-order valence-electron chi connectivity index (χ2n) is 4.25. The summed E-state index contributed by atoms with van der Waals surface area (Å²) in [6, 6.07) is 15.3. The van der Waals surface area contributed by atoms with Crippen LogP contribution in [0, 0.1) is 0 Å². The molecule has 0 atom stereocenters. The van der Waals surface area contributed by atoms with Gasteiger partial charge in [0.25, 0.3) is 5.95 Å².